The summed E-state index contributed by atoms with van der Waals surface area (Å²) in [4.78, 5) is 62.0. The molecule has 0 spiro atoms. The molecule has 0 heterocycles. The minimum absolute atomic E-state index is 0.0480. The molecule has 1 aromatic rings. The minimum atomic E-state index is -0.972. The molecule has 206 valence electrons. The summed E-state index contributed by atoms with van der Waals surface area (Å²) in [5.74, 6) is -2.15. The number of carbonyl (C=O) groups is 5. The van der Waals surface area contributed by atoms with Crippen LogP contribution in [-0.2, 0) is 35.3 Å². The normalized spacial score (nSPS) is 13.2. The molecule has 0 aromatic heterocycles. The van der Waals surface area contributed by atoms with Gasteiger partial charge in [-0.15, -0.1) is 0 Å². The van der Waals surface area contributed by atoms with Crippen LogP contribution in [0.25, 0.3) is 0 Å². The summed E-state index contributed by atoms with van der Waals surface area (Å²) in [5, 5.41) is 10.2. The first kappa shape index (κ1) is 31.4. The molecular formula is C26H40N4O7. The number of rotatable bonds is 14. The van der Waals surface area contributed by atoms with Crippen molar-refractivity contribution in [3.05, 3.63) is 35.9 Å². The van der Waals surface area contributed by atoms with Crippen LogP contribution in [0.15, 0.2) is 30.3 Å². The number of hydrogen-bond acceptors (Lipinski definition) is 7. The molecule has 1 aromatic carbocycles. The van der Waals surface area contributed by atoms with Crippen molar-refractivity contribution in [2.45, 2.75) is 72.2 Å². The van der Waals surface area contributed by atoms with Crippen molar-refractivity contribution >= 4 is 29.8 Å². The second-order valence-electron chi connectivity index (χ2n) is 9.60. The van der Waals surface area contributed by atoms with Crippen molar-refractivity contribution in [2.75, 3.05) is 13.7 Å². The molecule has 0 unspecified atom stereocenters. The van der Waals surface area contributed by atoms with Gasteiger partial charge in [0.25, 0.3) is 0 Å². The Morgan fingerprint density at radius 2 is 1.30 bits per heavy atom. The number of amides is 4. The first-order chi connectivity index (χ1) is 17.4. The zero-order valence-electron chi connectivity index (χ0n) is 22.5. The third-order valence-corrected chi connectivity index (χ3v) is 5.26. The van der Waals surface area contributed by atoms with E-state index < -0.39 is 47.9 Å². The lowest BCUT2D eigenvalue weighted by Gasteiger charge is -2.26. The van der Waals surface area contributed by atoms with Gasteiger partial charge in [-0.25, -0.2) is 4.79 Å². The molecule has 4 N–H and O–H groups in total. The van der Waals surface area contributed by atoms with Crippen LogP contribution in [0.4, 0.5) is 4.79 Å². The number of benzene rings is 1. The molecular weight excluding hydrogens is 480 g/mol. The first-order valence-electron chi connectivity index (χ1n) is 12.3. The first-order valence-corrected chi connectivity index (χ1v) is 12.3. The SMILES string of the molecule is COC(=O)CNC(=O)[C@H](CC(C)C)NC(=O)[C@H](CC(C)C)NC(=O)[C@H](C)NC(=O)OCc1ccccc1. The highest BCUT2D eigenvalue weighted by Crippen LogP contribution is 2.09. The fourth-order valence-electron chi connectivity index (χ4n) is 3.34. The van der Waals surface area contributed by atoms with Gasteiger partial charge in [0.1, 0.15) is 31.3 Å². The summed E-state index contributed by atoms with van der Waals surface area (Å²) in [6, 6.07) is 6.27. The molecule has 0 radical (unpaired) electrons. The molecule has 37 heavy (non-hydrogen) atoms. The smallest absolute Gasteiger partial charge is 0.408 e. The molecule has 3 atom stereocenters. The van der Waals surface area contributed by atoms with E-state index in [0.717, 1.165) is 5.56 Å². The van der Waals surface area contributed by atoms with Gasteiger partial charge in [-0.1, -0.05) is 58.0 Å². The molecule has 0 fully saturated rings. The van der Waals surface area contributed by atoms with Gasteiger partial charge in [-0.05, 0) is 37.2 Å². The van der Waals surface area contributed by atoms with Crippen molar-refractivity contribution in [3.63, 3.8) is 0 Å². The molecule has 0 aliphatic rings. The van der Waals surface area contributed by atoms with Crippen LogP contribution in [0.3, 0.4) is 0 Å². The molecule has 0 aliphatic carbocycles. The lowest BCUT2D eigenvalue weighted by atomic mass is 10.00. The minimum Gasteiger partial charge on any atom is -0.468 e. The van der Waals surface area contributed by atoms with Crippen LogP contribution in [0, 0.1) is 11.8 Å². The number of methoxy groups -OCH3 is 1. The van der Waals surface area contributed by atoms with Gasteiger partial charge < -0.3 is 30.7 Å². The summed E-state index contributed by atoms with van der Waals surface area (Å²) in [7, 11) is 1.21. The Morgan fingerprint density at radius 1 is 0.757 bits per heavy atom. The molecule has 0 saturated heterocycles. The average molecular weight is 521 g/mol. The van der Waals surface area contributed by atoms with E-state index in [0.29, 0.717) is 12.8 Å². The van der Waals surface area contributed by atoms with E-state index in [1.807, 2.05) is 45.9 Å². The number of ether oxygens (including phenoxy) is 2. The summed E-state index contributed by atoms with van der Waals surface area (Å²) in [6.45, 7) is 8.78. The summed E-state index contributed by atoms with van der Waals surface area (Å²) in [6.07, 6.45) is -0.136. The highest BCUT2D eigenvalue weighted by Gasteiger charge is 2.29. The van der Waals surface area contributed by atoms with Gasteiger partial charge in [0, 0.05) is 0 Å². The molecule has 0 aliphatic heterocycles. The maximum absolute atomic E-state index is 13.1. The number of hydrogen-bond donors (Lipinski definition) is 4. The third-order valence-electron chi connectivity index (χ3n) is 5.26. The monoisotopic (exact) mass is 520 g/mol. The largest absolute Gasteiger partial charge is 0.468 e. The van der Waals surface area contributed by atoms with E-state index in [9.17, 15) is 24.0 Å². The van der Waals surface area contributed by atoms with Gasteiger partial charge in [0.05, 0.1) is 7.11 Å². The Bertz CT molecular complexity index is 905. The van der Waals surface area contributed by atoms with E-state index >= 15 is 0 Å². The van der Waals surface area contributed by atoms with E-state index in [2.05, 4.69) is 26.0 Å². The maximum atomic E-state index is 13.1. The van der Waals surface area contributed by atoms with Crippen LogP contribution < -0.4 is 21.3 Å². The van der Waals surface area contributed by atoms with E-state index in [-0.39, 0.29) is 25.0 Å². The molecule has 11 heteroatoms. The van der Waals surface area contributed by atoms with E-state index in [4.69, 9.17) is 4.74 Å². The van der Waals surface area contributed by atoms with E-state index in [1.165, 1.54) is 14.0 Å². The second-order valence-corrected chi connectivity index (χ2v) is 9.60. The Morgan fingerprint density at radius 3 is 1.84 bits per heavy atom. The zero-order valence-corrected chi connectivity index (χ0v) is 22.5. The van der Waals surface area contributed by atoms with Crippen LogP contribution in [0.2, 0.25) is 0 Å². The van der Waals surface area contributed by atoms with Crippen LogP contribution in [-0.4, -0.2) is 61.6 Å². The van der Waals surface area contributed by atoms with Gasteiger partial charge in [-0.2, -0.15) is 0 Å². The van der Waals surface area contributed by atoms with Crippen molar-refractivity contribution in [3.8, 4) is 0 Å². The Hall–Kier alpha value is -3.63. The maximum Gasteiger partial charge on any atom is 0.408 e. The zero-order chi connectivity index (χ0) is 28.0. The standard InChI is InChI=1S/C26H40N4O7/c1-16(2)12-20(24(33)27-14-22(31)36-6)30-25(34)21(13-17(3)4)29-23(32)18(5)28-26(35)37-15-19-10-8-7-9-11-19/h7-11,16-18,20-21H,12-15H2,1-6H3,(H,27,33)(H,28,35)(H,29,32)(H,30,34)/t18-,20-,21-/m0/s1. The quantitative estimate of drug-likeness (QED) is 0.272. The predicted octanol–water partition coefficient (Wildman–Crippen LogP) is 1.65. The van der Waals surface area contributed by atoms with Crippen LogP contribution in [0.1, 0.15) is 53.0 Å². The molecule has 4 amide bonds. The van der Waals surface area contributed by atoms with Crippen molar-refractivity contribution in [2.24, 2.45) is 11.8 Å². The lowest BCUT2D eigenvalue weighted by Crippen LogP contribution is -2.57. The molecule has 0 saturated carbocycles. The van der Waals surface area contributed by atoms with Crippen molar-refractivity contribution in [1.82, 2.24) is 21.3 Å². The molecule has 11 nitrogen and oxygen atoms in total. The van der Waals surface area contributed by atoms with E-state index in [1.54, 1.807) is 12.1 Å². The number of nitrogens with one attached hydrogen (secondary N) is 4. The Balaban J connectivity index is 2.77. The molecule has 1 rings (SSSR count). The number of esters is 1. The molecule has 0 bridgehead atoms. The van der Waals surface area contributed by atoms with Gasteiger partial charge in [-0.3, -0.25) is 19.2 Å². The second kappa shape index (κ2) is 16.2. The highest BCUT2D eigenvalue weighted by molar-refractivity contribution is 5.94. The number of carbonyl (C=O) groups excluding carboxylic acids is 5. The summed E-state index contributed by atoms with van der Waals surface area (Å²) in [5.41, 5.74) is 0.801. The van der Waals surface area contributed by atoms with Crippen LogP contribution >= 0.6 is 0 Å². The average Bonchev–Trinajstić information content (AvgIpc) is 2.84. The van der Waals surface area contributed by atoms with Gasteiger partial charge in [0.15, 0.2) is 0 Å². The Kier molecular flexibility index (Phi) is 13.7. The summed E-state index contributed by atoms with van der Waals surface area (Å²) >= 11 is 0. The van der Waals surface area contributed by atoms with Crippen molar-refractivity contribution < 1.29 is 33.4 Å². The topological polar surface area (TPSA) is 152 Å². The van der Waals surface area contributed by atoms with Crippen molar-refractivity contribution in [1.29, 1.82) is 0 Å². The van der Waals surface area contributed by atoms with Crippen LogP contribution in [0.5, 0.6) is 0 Å². The fraction of sp³-hybridized carbons (Fsp3) is 0.577. The lowest BCUT2D eigenvalue weighted by molar-refractivity contribution is -0.141. The van der Waals surface area contributed by atoms with Gasteiger partial charge >= 0.3 is 12.1 Å². The Labute approximate surface area is 218 Å². The third kappa shape index (κ3) is 12.8. The fourth-order valence-corrected chi connectivity index (χ4v) is 3.34. The highest BCUT2D eigenvalue weighted by atomic mass is 16.5. The predicted molar refractivity (Wildman–Crippen MR) is 137 cm³/mol. The summed E-state index contributed by atoms with van der Waals surface area (Å²) < 4.78 is 9.67. The number of alkyl carbamates (subject to hydrolysis) is 1. The van der Waals surface area contributed by atoms with Gasteiger partial charge in [0.2, 0.25) is 17.7 Å².